The molecule has 0 bridgehead atoms. The number of carbonyl (C=O) groups is 3. The lowest BCUT2D eigenvalue weighted by molar-refractivity contribution is -0.145. The van der Waals surface area contributed by atoms with Crippen LogP contribution in [0, 0.1) is 13.8 Å². The van der Waals surface area contributed by atoms with Gasteiger partial charge in [-0.15, -0.1) is 0 Å². The molecule has 0 saturated heterocycles. The molecular weight excluding hydrogens is 394 g/mol. The van der Waals surface area contributed by atoms with Gasteiger partial charge in [0.15, 0.2) is 0 Å². The molecule has 1 atom stereocenters. The average Bonchev–Trinajstić information content (AvgIpc) is 2.58. The molecule has 0 radical (unpaired) electrons. The molecule has 1 saturated carbocycles. The van der Waals surface area contributed by atoms with Gasteiger partial charge in [0.1, 0.15) is 18.2 Å². The van der Waals surface area contributed by atoms with Crippen LogP contribution in [0.25, 0.3) is 0 Å². The Morgan fingerprint density at radius 2 is 1.81 bits per heavy atom. The molecule has 0 heterocycles. The van der Waals surface area contributed by atoms with Crippen molar-refractivity contribution in [2.45, 2.75) is 91.5 Å². The van der Waals surface area contributed by atoms with Crippen LogP contribution in [0.15, 0.2) is 18.2 Å². The predicted molar refractivity (Wildman–Crippen MR) is 121 cm³/mol. The zero-order valence-corrected chi connectivity index (χ0v) is 19.9. The number of nitrogens with one attached hydrogen (secondary N) is 2. The first kappa shape index (κ1) is 24.7. The normalized spacial score (nSPS) is 15.1. The molecule has 7 nitrogen and oxygen atoms in total. The molecule has 1 aliphatic rings. The number of carbonyl (C=O) groups excluding carboxylic acids is 3. The van der Waals surface area contributed by atoms with Gasteiger partial charge < -0.3 is 20.3 Å². The Hall–Kier alpha value is -2.57. The van der Waals surface area contributed by atoms with E-state index in [9.17, 15) is 14.4 Å². The number of hydrogen-bond donors (Lipinski definition) is 2. The molecule has 0 aliphatic heterocycles. The van der Waals surface area contributed by atoms with E-state index in [0.717, 1.165) is 36.0 Å². The van der Waals surface area contributed by atoms with Crippen LogP contribution in [-0.4, -0.2) is 47.0 Å². The van der Waals surface area contributed by atoms with Crippen molar-refractivity contribution >= 4 is 17.9 Å². The second-order valence-electron chi connectivity index (χ2n) is 9.67. The van der Waals surface area contributed by atoms with E-state index in [1.54, 1.807) is 25.7 Å². The fourth-order valence-corrected chi connectivity index (χ4v) is 3.61. The summed E-state index contributed by atoms with van der Waals surface area (Å²) in [5.74, 6) is -0.499. The summed E-state index contributed by atoms with van der Waals surface area (Å²) in [5.41, 5.74) is 2.14. The summed E-state index contributed by atoms with van der Waals surface area (Å²) in [6, 6.07) is 5.10. The molecule has 2 rings (SSSR count). The van der Waals surface area contributed by atoms with Crippen molar-refractivity contribution in [1.29, 1.82) is 0 Å². The maximum Gasteiger partial charge on any atom is 0.408 e. The van der Waals surface area contributed by atoms with Crippen molar-refractivity contribution < 1.29 is 19.1 Å². The van der Waals surface area contributed by atoms with Crippen molar-refractivity contribution in [3.8, 4) is 0 Å². The standard InChI is InChI=1S/C24H37N3O4/c1-15(2)26-22(29)21(19-13-16(3)11-12-17(19)4)27(18-9-8-10-18)20(28)14-25-23(30)31-24(5,6)7/h11-13,15,18,21H,8-10,14H2,1-7H3,(H,25,30)(H,26,29). The maximum atomic E-state index is 13.3. The van der Waals surface area contributed by atoms with E-state index >= 15 is 0 Å². The number of ether oxygens (including phenoxy) is 1. The van der Waals surface area contributed by atoms with Gasteiger partial charge in [-0.25, -0.2) is 4.79 Å². The van der Waals surface area contributed by atoms with Crippen molar-refractivity contribution in [3.63, 3.8) is 0 Å². The van der Waals surface area contributed by atoms with Crippen LogP contribution in [0.5, 0.6) is 0 Å². The second-order valence-corrected chi connectivity index (χ2v) is 9.67. The lowest BCUT2D eigenvalue weighted by atomic mass is 9.87. The molecule has 7 heteroatoms. The number of rotatable bonds is 7. The molecule has 1 aromatic carbocycles. The van der Waals surface area contributed by atoms with Gasteiger partial charge in [-0.2, -0.15) is 0 Å². The van der Waals surface area contributed by atoms with Crippen molar-refractivity contribution in [2.75, 3.05) is 6.54 Å². The summed E-state index contributed by atoms with van der Waals surface area (Å²) in [5, 5.41) is 5.53. The summed E-state index contributed by atoms with van der Waals surface area (Å²) in [7, 11) is 0. The first-order valence-electron chi connectivity index (χ1n) is 11.0. The number of benzene rings is 1. The number of amides is 3. The molecule has 0 spiro atoms. The van der Waals surface area contributed by atoms with Gasteiger partial charge in [-0.3, -0.25) is 9.59 Å². The smallest absolute Gasteiger partial charge is 0.408 e. The molecule has 1 aliphatic carbocycles. The Kier molecular flexibility index (Phi) is 8.09. The fraction of sp³-hybridized carbons (Fsp3) is 0.625. The minimum absolute atomic E-state index is 0.0317. The van der Waals surface area contributed by atoms with Crippen molar-refractivity contribution in [1.82, 2.24) is 15.5 Å². The molecule has 1 unspecified atom stereocenters. The van der Waals surface area contributed by atoms with Gasteiger partial charge in [0.2, 0.25) is 11.8 Å². The van der Waals surface area contributed by atoms with Crippen LogP contribution >= 0.6 is 0 Å². The molecule has 1 fully saturated rings. The van der Waals surface area contributed by atoms with Gasteiger partial charge >= 0.3 is 6.09 Å². The lowest BCUT2D eigenvalue weighted by Gasteiger charge is -2.42. The van der Waals surface area contributed by atoms with Gasteiger partial charge in [0.25, 0.3) is 0 Å². The number of nitrogens with zero attached hydrogens (tertiary/aromatic N) is 1. The Balaban J connectivity index is 2.35. The van der Waals surface area contributed by atoms with E-state index < -0.39 is 17.7 Å². The third-order valence-electron chi connectivity index (χ3n) is 5.23. The van der Waals surface area contributed by atoms with Gasteiger partial charge in [0, 0.05) is 12.1 Å². The highest BCUT2D eigenvalue weighted by atomic mass is 16.6. The van der Waals surface area contributed by atoms with Crippen LogP contribution in [0.3, 0.4) is 0 Å². The quantitative estimate of drug-likeness (QED) is 0.688. The monoisotopic (exact) mass is 431 g/mol. The molecule has 0 aromatic heterocycles. The highest BCUT2D eigenvalue weighted by Gasteiger charge is 2.39. The van der Waals surface area contributed by atoms with Crippen LogP contribution in [0.1, 0.15) is 76.6 Å². The SMILES string of the molecule is Cc1ccc(C)c(C(C(=O)NC(C)C)N(C(=O)CNC(=O)OC(C)(C)C)C2CCC2)c1. The average molecular weight is 432 g/mol. The van der Waals surface area contributed by atoms with Gasteiger partial charge in [-0.05, 0) is 78.9 Å². The zero-order chi connectivity index (χ0) is 23.3. The first-order chi connectivity index (χ1) is 14.4. The third kappa shape index (κ3) is 6.97. The maximum absolute atomic E-state index is 13.3. The summed E-state index contributed by atoms with van der Waals surface area (Å²) in [6.45, 7) is 12.8. The highest BCUT2D eigenvalue weighted by molar-refractivity contribution is 5.91. The molecule has 2 N–H and O–H groups in total. The second kappa shape index (κ2) is 10.2. The van der Waals surface area contributed by atoms with E-state index in [2.05, 4.69) is 10.6 Å². The molecular formula is C24H37N3O4. The number of aryl methyl sites for hydroxylation is 2. The third-order valence-corrected chi connectivity index (χ3v) is 5.23. The predicted octanol–water partition coefficient (Wildman–Crippen LogP) is 3.77. The van der Waals surface area contributed by atoms with Crippen molar-refractivity contribution in [2.24, 2.45) is 0 Å². The minimum Gasteiger partial charge on any atom is -0.444 e. The first-order valence-corrected chi connectivity index (χ1v) is 11.0. The summed E-state index contributed by atoms with van der Waals surface area (Å²) in [4.78, 5) is 40.4. The Labute approximate surface area is 185 Å². The van der Waals surface area contributed by atoms with E-state index in [0.29, 0.717) is 0 Å². The van der Waals surface area contributed by atoms with Crippen LogP contribution in [0.2, 0.25) is 0 Å². The van der Waals surface area contributed by atoms with E-state index in [1.165, 1.54) is 0 Å². The van der Waals surface area contributed by atoms with Gasteiger partial charge in [-0.1, -0.05) is 23.8 Å². The van der Waals surface area contributed by atoms with Crippen molar-refractivity contribution in [3.05, 3.63) is 34.9 Å². The largest absolute Gasteiger partial charge is 0.444 e. The lowest BCUT2D eigenvalue weighted by Crippen LogP contribution is -2.54. The Morgan fingerprint density at radius 3 is 2.32 bits per heavy atom. The van der Waals surface area contributed by atoms with E-state index in [1.807, 2.05) is 45.9 Å². The topological polar surface area (TPSA) is 87.7 Å². The summed E-state index contributed by atoms with van der Waals surface area (Å²) < 4.78 is 5.25. The fourth-order valence-electron chi connectivity index (χ4n) is 3.61. The van der Waals surface area contributed by atoms with Crippen LogP contribution in [0.4, 0.5) is 4.79 Å². The Bertz CT molecular complexity index is 810. The zero-order valence-electron chi connectivity index (χ0n) is 19.9. The Morgan fingerprint density at radius 1 is 1.16 bits per heavy atom. The molecule has 1 aromatic rings. The minimum atomic E-state index is -0.750. The highest BCUT2D eigenvalue weighted by Crippen LogP contribution is 2.34. The summed E-state index contributed by atoms with van der Waals surface area (Å²) >= 11 is 0. The van der Waals surface area contributed by atoms with E-state index in [-0.39, 0.29) is 30.4 Å². The van der Waals surface area contributed by atoms with Crippen LogP contribution < -0.4 is 10.6 Å². The molecule has 3 amide bonds. The van der Waals surface area contributed by atoms with Gasteiger partial charge in [0.05, 0.1) is 0 Å². The summed E-state index contributed by atoms with van der Waals surface area (Å²) in [6.07, 6.45) is 2.05. The molecule has 172 valence electrons. The molecule has 31 heavy (non-hydrogen) atoms. The van der Waals surface area contributed by atoms with E-state index in [4.69, 9.17) is 4.74 Å². The van der Waals surface area contributed by atoms with Crippen LogP contribution in [-0.2, 0) is 14.3 Å². The number of alkyl carbamates (subject to hydrolysis) is 1. The number of hydrogen-bond acceptors (Lipinski definition) is 4.